The van der Waals surface area contributed by atoms with Crippen LogP contribution in [0.15, 0.2) is 18.2 Å². The first kappa shape index (κ1) is 13.6. The second-order valence-corrected chi connectivity index (χ2v) is 5.57. The molecule has 0 saturated carbocycles. The molecule has 0 unspecified atom stereocenters. The van der Waals surface area contributed by atoms with Gasteiger partial charge in [0.05, 0.1) is 0 Å². The van der Waals surface area contributed by atoms with Crippen LogP contribution < -0.4 is 5.32 Å². The Morgan fingerprint density at radius 2 is 1.79 bits per heavy atom. The van der Waals surface area contributed by atoms with Crippen molar-refractivity contribution >= 4 is 11.9 Å². The number of rotatable bonds is 3. The monoisotopic (exact) mass is 261 g/mol. The lowest BCUT2D eigenvalue weighted by atomic mass is 9.90. The maximum atomic E-state index is 12.1. The van der Waals surface area contributed by atoms with Crippen LogP contribution >= 0.6 is 0 Å². The lowest BCUT2D eigenvalue weighted by molar-refractivity contribution is -0.143. The standard InChI is InChI=1S/C15H19NO3/c1-15(2,14(18)19)16-13(17)12-8-7-10-5-3-4-6-11(10)9-12/h7-9H,3-6H2,1-2H3,(H,16,17)(H,18,19). The van der Waals surface area contributed by atoms with E-state index in [9.17, 15) is 9.59 Å². The van der Waals surface area contributed by atoms with Gasteiger partial charge < -0.3 is 10.4 Å². The smallest absolute Gasteiger partial charge is 0.328 e. The van der Waals surface area contributed by atoms with E-state index in [2.05, 4.69) is 5.32 Å². The molecule has 1 aromatic rings. The Kier molecular flexibility index (Phi) is 3.60. The van der Waals surface area contributed by atoms with E-state index in [1.54, 1.807) is 6.07 Å². The van der Waals surface area contributed by atoms with Gasteiger partial charge in [0.2, 0.25) is 0 Å². The zero-order valence-electron chi connectivity index (χ0n) is 11.3. The Balaban J connectivity index is 2.18. The molecule has 0 atom stereocenters. The highest BCUT2D eigenvalue weighted by Crippen LogP contribution is 2.22. The van der Waals surface area contributed by atoms with Crippen molar-refractivity contribution in [3.8, 4) is 0 Å². The maximum Gasteiger partial charge on any atom is 0.328 e. The van der Waals surface area contributed by atoms with Gasteiger partial charge in [0.15, 0.2) is 0 Å². The first-order valence-corrected chi connectivity index (χ1v) is 6.58. The van der Waals surface area contributed by atoms with Crippen LogP contribution in [0.1, 0.15) is 48.2 Å². The zero-order valence-corrected chi connectivity index (χ0v) is 11.3. The summed E-state index contributed by atoms with van der Waals surface area (Å²) in [5, 5.41) is 11.6. The van der Waals surface area contributed by atoms with Crippen LogP contribution in [-0.4, -0.2) is 22.5 Å². The highest BCUT2D eigenvalue weighted by atomic mass is 16.4. The van der Waals surface area contributed by atoms with Crippen molar-refractivity contribution in [2.24, 2.45) is 0 Å². The number of aryl methyl sites for hydroxylation is 2. The summed E-state index contributed by atoms with van der Waals surface area (Å²) in [6.45, 7) is 2.96. The van der Waals surface area contributed by atoms with Crippen LogP contribution in [-0.2, 0) is 17.6 Å². The van der Waals surface area contributed by atoms with Gasteiger partial charge in [-0.3, -0.25) is 4.79 Å². The Labute approximate surface area is 112 Å². The largest absolute Gasteiger partial charge is 0.480 e. The molecule has 0 saturated heterocycles. The molecule has 1 amide bonds. The number of carboxylic acids is 1. The van der Waals surface area contributed by atoms with E-state index in [1.807, 2.05) is 12.1 Å². The van der Waals surface area contributed by atoms with Gasteiger partial charge in [-0.1, -0.05) is 6.07 Å². The Morgan fingerprint density at radius 3 is 2.42 bits per heavy atom. The molecule has 0 radical (unpaired) electrons. The summed E-state index contributed by atoms with van der Waals surface area (Å²) in [5.41, 5.74) is 1.80. The second kappa shape index (κ2) is 5.03. The van der Waals surface area contributed by atoms with Gasteiger partial charge in [0.25, 0.3) is 5.91 Å². The third-order valence-corrected chi connectivity index (χ3v) is 3.57. The quantitative estimate of drug-likeness (QED) is 0.876. The van der Waals surface area contributed by atoms with Gasteiger partial charge in [-0.15, -0.1) is 0 Å². The van der Waals surface area contributed by atoms with Gasteiger partial charge in [-0.05, 0) is 62.8 Å². The molecule has 0 aromatic heterocycles. The molecule has 2 N–H and O–H groups in total. The number of fused-ring (bicyclic) bond motifs is 1. The fraction of sp³-hybridized carbons (Fsp3) is 0.467. The van der Waals surface area contributed by atoms with Crippen molar-refractivity contribution in [1.29, 1.82) is 0 Å². The molecule has 1 aliphatic carbocycles. The third-order valence-electron chi connectivity index (χ3n) is 3.57. The van der Waals surface area contributed by atoms with Crippen LogP contribution in [0.3, 0.4) is 0 Å². The fourth-order valence-corrected chi connectivity index (χ4v) is 2.28. The van der Waals surface area contributed by atoms with Crippen molar-refractivity contribution < 1.29 is 14.7 Å². The minimum absolute atomic E-state index is 0.333. The van der Waals surface area contributed by atoms with E-state index in [0.29, 0.717) is 5.56 Å². The first-order chi connectivity index (χ1) is 8.90. The Hall–Kier alpha value is -1.84. The van der Waals surface area contributed by atoms with Gasteiger partial charge in [-0.2, -0.15) is 0 Å². The van der Waals surface area contributed by atoms with E-state index in [4.69, 9.17) is 5.11 Å². The molecule has 4 nitrogen and oxygen atoms in total. The van der Waals surface area contributed by atoms with Crippen LogP contribution in [0.2, 0.25) is 0 Å². The molecule has 0 bridgehead atoms. The molecule has 0 heterocycles. The predicted octanol–water partition coefficient (Wildman–Crippen LogP) is 2.16. The second-order valence-electron chi connectivity index (χ2n) is 5.57. The first-order valence-electron chi connectivity index (χ1n) is 6.58. The SMILES string of the molecule is CC(C)(NC(=O)c1ccc2c(c1)CCCC2)C(=O)O. The number of nitrogens with one attached hydrogen (secondary N) is 1. The maximum absolute atomic E-state index is 12.1. The normalized spacial score (nSPS) is 14.6. The van der Waals surface area contributed by atoms with Gasteiger partial charge in [0, 0.05) is 5.56 Å². The van der Waals surface area contributed by atoms with E-state index in [-0.39, 0.29) is 5.91 Å². The van der Waals surface area contributed by atoms with Crippen LogP contribution in [0, 0.1) is 0 Å². The minimum atomic E-state index is -1.26. The highest BCUT2D eigenvalue weighted by Gasteiger charge is 2.29. The molecule has 0 spiro atoms. The van der Waals surface area contributed by atoms with Crippen molar-refractivity contribution in [3.05, 3.63) is 34.9 Å². The zero-order chi connectivity index (χ0) is 14.0. The number of carbonyl (C=O) groups excluding carboxylic acids is 1. The molecule has 4 heteroatoms. The molecular weight excluding hydrogens is 242 g/mol. The van der Waals surface area contributed by atoms with E-state index in [1.165, 1.54) is 31.4 Å². The molecule has 0 aliphatic heterocycles. The van der Waals surface area contributed by atoms with Crippen LogP contribution in [0.5, 0.6) is 0 Å². The number of hydrogen-bond acceptors (Lipinski definition) is 2. The summed E-state index contributed by atoms with van der Waals surface area (Å²) in [4.78, 5) is 23.1. The molecule has 1 aromatic carbocycles. The average molecular weight is 261 g/mol. The lowest BCUT2D eigenvalue weighted by Gasteiger charge is -2.22. The molecule has 1 aliphatic rings. The summed E-state index contributed by atoms with van der Waals surface area (Å²) in [6.07, 6.45) is 4.42. The van der Waals surface area contributed by atoms with Crippen LogP contribution in [0.25, 0.3) is 0 Å². The average Bonchev–Trinajstić information content (AvgIpc) is 2.37. The van der Waals surface area contributed by atoms with E-state index < -0.39 is 11.5 Å². The summed E-state index contributed by atoms with van der Waals surface area (Å²) in [5.74, 6) is -1.38. The highest BCUT2D eigenvalue weighted by molar-refractivity contribution is 5.97. The number of amides is 1. The Bertz CT molecular complexity index is 520. The third kappa shape index (κ3) is 2.95. The predicted molar refractivity (Wildman–Crippen MR) is 72.3 cm³/mol. The summed E-state index contributed by atoms with van der Waals surface area (Å²) in [6, 6.07) is 5.65. The Morgan fingerprint density at radius 1 is 1.16 bits per heavy atom. The minimum Gasteiger partial charge on any atom is -0.480 e. The molecule has 2 rings (SSSR count). The number of hydrogen-bond donors (Lipinski definition) is 2. The molecular formula is C15H19NO3. The van der Waals surface area contributed by atoms with Gasteiger partial charge in [-0.25, -0.2) is 4.79 Å². The number of benzene rings is 1. The number of carbonyl (C=O) groups is 2. The summed E-state index contributed by atoms with van der Waals surface area (Å²) in [7, 11) is 0. The summed E-state index contributed by atoms with van der Waals surface area (Å²) >= 11 is 0. The molecule has 0 fully saturated rings. The topological polar surface area (TPSA) is 66.4 Å². The number of carboxylic acid groups (broad SMARTS) is 1. The van der Waals surface area contributed by atoms with Gasteiger partial charge in [0.1, 0.15) is 5.54 Å². The van der Waals surface area contributed by atoms with Crippen molar-refractivity contribution in [1.82, 2.24) is 5.32 Å². The van der Waals surface area contributed by atoms with E-state index >= 15 is 0 Å². The molecule has 19 heavy (non-hydrogen) atoms. The van der Waals surface area contributed by atoms with Crippen molar-refractivity contribution in [2.75, 3.05) is 0 Å². The van der Waals surface area contributed by atoms with Crippen molar-refractivity contribution in [2.45, 2.75) is 45.1 Å². The number of aliphatic carboxylic acids is 1. The summed E-state index contributed by atoms with van der Waals surface area (Å²) < 4.78 is 0. The van der Waals surface area contributed by atoms with Crippen LogP contribution in [0.4, 0.5) is 0 Å². The van der Waals surface area contributed by atoms with Crippen molar-refractivity contribution in [3.63, 3.8) is 0 Å². The fourth-order valence-electron chi connectivity index (χ4n) is 2.28. The lowest BCUT2D eigenvalue weighted by Crippen LogP contribution is -2.49. The van der Waals surface area contributed by atoms with Gasteiger partial charge >= 0.3 is 5.97 Å². The molecule has 102 valence electrons. The van der Waals surface area contributed by atoms with E-state index in [0.717, 1.165) is 19.3 Å².